The topological polar surface area (TPSA) is 58.8 Å². The van der Waals surface area contributed by atoms with E-state index in [1.807, 2.05) is 38.9 Å². The summed E-state index contributed by atoms with van der Waals surface area (Å²) in [5.74, 6) is -0.0203. The van der Waals surface area contributed by atoms with E-state index in [-0.39, 0.29) is 11.9 Å². The van der Waals surface area contributed by atoms with E-state index in [1.165, 1.54) is 0 Å². The molecule has 0 unspecified atom stereocenters. The first-order valence-electron chi connectivity index (χ1n) is 6.75. The summed E-state index contributed by atoms with van der Waals surface area (Å²) in [6.07, 6.45) is 0. The number of hydrogen-bond acceptors (Lipinski definition) is 4. The van der Waals surface area contributed by atoms with Gasteiger partial charge < -0.3 is 20.3 Å². The number of carbonyl (C=O) groups is 1. The Bertz CT molecular complexity index is 458. The summed E-state index contributed by atoms with van der Waals surface area (Å²) in [5, 5.41) is 0. The average molecular weight is 279 g/mol. The van der Waals surface area contributed by atoms with Crippen molar-refractivity contribution >= 4 is 17.3 Å². The average Bonchev–Trinajstić information content (AvgIpc) is 2.38. The molecule has 0 aliphatic carbocycles. The maximum atomic E-state index is 12.8. The van der Waals surface area contributed by atoms with Crippen molar-refractivity contribution in [2.75, 3.05) is 45.0 Å². The zero-order valence-electron chi connectivity index (χ0n) is 13.0. The fourth-order valence-corrected chi connectivity index (χ4v) is 2.05. The normalized spacial score (nSPS) is 10.7. The molecule has 1 aromatic rings. The molecule has 2 N–H and O–H groups in total. The Labute approximate surface area is 121 Å². The third-order valence-electron chi connectivity index (χ3n) is 3.15. The molecule has 20 heavy (non-hydrogen) atoms. The predicted molar refractivity (Wildman–Crippen MR) is 83.2 cm³/mol. The highest BCUT2D eigenvalue weighted by atomic mass is 16.5. The van der Waals surface area contributed by atoms with Crippen molar-refractivity contribution in [2.24, 2.45) is 0 Å². The summed E-state index contributed by atoms with van der Waals surface area (Å²) in [4.78, 5) is 16.5. The Morgan fingerprint density at radius 3 is 2.50 bits per heavy atom. The molecule has 0 fully saturated rings. The van der Waals surface area contributed by atoms with E-state index in [0.29, 0.717) is 24.4 Å². The van der Waals surface area contributed by atoms with Crippen LogP contribution in [0.4, 0.5) is 11.4 Å². The van der Waals surface area contributed by atoms with Crippen LogP contribution in [0.5, 0.6) is 0 Å². The second kappa shape index (κ2) is 7.14. The van der Waals surface area contributed by atoms with Crippen LogP contribution in [0.1, 0.15) is 24.2 Å². The highest BCUT2D eigenvalue weighted by Crippen LogP contribution is 2.23. The Kier molecular flexibility index (Phi) is 5.82. The molecule has 5 heteroatoms. The monoisotopic (exact) mass is 279 g/mol. The smallest absolute Gasteiger partial charge is 0.256 e. The Balaban J connectivity index is 3.13. The minimum Gasteiger partial charge on any atom is -0.399 e. The van der Waals surface area contributed by atoms with Gasteiger partial charge in [0.25, 0.3) is 5.91 Å². The molecular formula is C15H25N3O2. The van der Waals surface area contributed by atoms with Gasteiger partial charge in [-0.1, -0.05) is 0 Å². The minimum atomic E-state index is -0.0203. The van der Waals surface area contributed by atoms with Crippen molar-refractivity contribution < 1.29 is 9.53 Å². The van der Waals surface area contributed by atoms with Gasteiger partial charge in [0, 0.05) is 45.2 Å². The summed E-state index contributed by atoms with van der Waals surface area (Å²) < 4.78 is 5.08. The Morgan fingerprint density at radius 2 is 2.00 bits per heavy atom. The number of carbonyl (C=O) groups excluding carboxylic acids is 1. The Morgan fingerprint density at radius 1 is 1.35 bits per heavy atom. The van der Waals surface area contributed by atoms with E-state index < -0.39 is 0 Å². The van der Waals surface area contributed by atoms with Gasteiger partial charge in [-0.2, -0.15) is 0 Å². The quantitative estimate of drug-likeness (QED) is 0.807. The van der Waals surface area contributed by atoms with Crippen LogP contribution in [-0.4, -0.2) is 51.2 Å². The molecule has 0 radical (unpaired) electrons. The number of amides is 1. The standard InChI is InChI=1S/C15H25N3O2/c1-11(2)18(8-9-20-5)15(19)13-10-12(16)6-7-14(13)17(3)4/h6-7,10-11H,8-9,16H2,1-5H3. The van der Waals surface area contributed by atoms with Crippen LogP contribution in [0.3, 0.4) is 0 Å². The van der Waals surface area contributed by atoms with E-state index in [0.717, 1.165) is 5.69 Å². The molecule has 0 aromatic heterocycles. The van der Waals surface area contributed by atoms with Crippen molar-refractivity contribution in [3.05, 3.63) is 23.8 Å². The lowest BCUT2D eigenvalue weighted by Crippen LogP contribution is -2.39. The van der Waals surface area contributed by atoms with E-state index in [1.54, 1.807) is 24.1 Å². The number of rotatable bonds is 6. The lowest BCUT2D eigenvalue weighted by Gasteiger charge is -2.28. The maximum Gasteiger partial charge on any atom is 0.256 e. The fourth-order valence-electron chi connectivity index (χ4n) is 2.05. The SMILES string of the molecule is COCCN(C(=O)c1cc(N)ccc1N(C)C)C(C)C. The summed E-state index contributed by atoms with van der Waals surface area (Å²) in [6.45, 7) is 5.07. The number of hydrogen-bond donors (Lipinski definition) is 1. The second-order valence-electron chi connectivity index (χ2n) is 5.26. The van der Waals surface area contributed by atoms with E-state index in [9.17, 15) is 4.79 Å². The summed E-state index contributed by atoms with van der Waals surface area (Å²) in [5.41, 5.74) is 7.91. The Hall–Kier alpha value is -1.75. The maximum absolute atomic E-state index is 12.8. The number of anilines is 2. The van der Waals surface area contributed by atoms with E-state index in [2.05, 4.69) is 0 Å². The number of methoxy groups -OCH3 is 1. The summed E-state index contributed by atoms with van der Waals surface area (Å²) >= 11 is 0. The fraction of sp³-hybridized carbons (Fsp3) is 0.533. The second-order valence-corrected chi connectivity index (χ2v) is 5.26. The van der Waals surface area contributed by atoms with Gasteiger partial charge in [0.05, 0.1) is 12.2 Å². The van der Waals surface area contributed by atoms with Gasteiger partial charge in [-0.15, -0.1) is 0 Å². The summed E-state index contributed by atoms with van der Waals surface area (Å²) in [7, 11) is 5.46. The lowest BCUT2D eigenvalue weighted by molar-refractivity contribution is 0.0635. The van der Waals surface area contributed by atoms with Gasteiger partial charge in [0.2, 0.25) is 0 Å². The van der Waals surface area contributed by atoms with Gasteiger partial charge in [0.1, 0.15) is 0 Å². The molecule has 0 atom stereocenters. The van der Waals surface area contributed by atoms with Crippen LogP contribution in [0.2, 0.25) is 0 Å². The van der Waals surface area contributed by atoms with Gasteiger partial charge >= 0.3 is 0 Å². The first-order valence-corrected chi connectivity index (χ1v) is 6.75. The van der Waals surface area contributed by atoms with Crippen LogP contribution in [0, 0.1) is 0 Å². The zero-order chi connectivity index (χ0) is 15.3. The van der Waals surface area contributed by atoms with Crippen molar-refractivity contribution in [3.63, 3.8) is 0 Å². The summed E-state index contributed by atoms with van der Waals surface area (Å²) in [6, 6.07) is 5.52. The third-order valence-corrected chi connectivity index (χ3v) is 3.15. The highest BCUT2D eigenvalue weighted by molar-refractivity contribution is 6.00. The molecule has 1 amide bonds. The number of nitrogens with two attached hydrogens (primary N) is 1. The molecule has 0 spiro atoms. The molecule has 0 heterocycles. The van der Waals surface area contributed by atoms with Crippen LogP contribution in [-0.2, 0) is 4.74 Å². The van der Waals surface area contributed by atoms with E-state index in [4.69, 9.17) is 10.5 Å². The largest absolute Gasteiger partial charge is 0.399 e. The molecular weight excluding hydrogens is 254 g/mol. The third kappa shape index (κ3) is 3.87. The minimum absolute atomic E-state index is 0.0203. The zero-order valence-corrected chi connectivity index (χ0v) is 13.0. The highest BCUT2D eigenvalue weighted by Gasteiger charge is 2.22. The lowest BCUT2D eigenvalue weighted by atomic mass is 10.1. The van der Waals surface area contributed by atoms with Crippen molar-refractivity contribution in [1.29, 1.82) is 0 Å². The van der Waals surface area contributed by atoms with Crippen molar-refractivity contribution in [2.45, 2.75) is 19.9 Å². The molecule has 0 aliphatic heterocycles. The number of ether oxygens (including phenoxy) is 1. The van der Waals surface area contributed by atoms with Crippen LogP contribution in [0.15, 0.2) is 18.2 Å². The van der Waals surface area contributed by atoms with E-state index >= 15 is 0 Å². The van der Waals surface area contributed by atoms with Crippen LogP contribution >= 0.6 is 0 Å². The van der Waals surface area contributed by atoms with Crippen molar-refractivity contribution in [3.8, 4) is 0 Å². The number of benzene rings is 1. The number of nitrogen functional groups attached to an aromatic ring is 1. The molecule has 0 aliphatic rings. The predicted octanol–water partition coefficient (Wildman–Crippen LogP) is 1.83. The molecule has 0 saturated heterocycles. The first kappa shape index (κ1) is 16.3. The molecule has 0 bridgehead atoms. The first-order chi connectivity index (χ1) is 9.38. The number of nitrogens with zero attached hydrogens (tertiary/aromatic N) is 2. The van der Waals surface area contributed by atoms with Gasteiger partial charge in [-0.05, 0) is 32.0 Å². The molecule has 5 nitrogen and oxygen atoms in total. The van der Waals surface area contributed by atoms with Gasteiger partial charge in [0.15, 0.2) is 0 Å². The molecule has 0 saturated carbocycles. The van der Waals surface area contributed by atoms with Crippen LogP contribution in [0.25, 0.3) is 0 Å². The molecule has 1 rings (SSSR count). The van der Waals surface area contributed by atoms with Gasteiger partial charge in [-0.25, -0.2) is 0 Å². The molecule has 1 aromatic carbocycles. The van der Waals surface area contributed by atoms with Crippen LogP contribution < -0.4 is 10.6 Å². The van der Waals surface area contributed by atoms with Crippen molar-refractivity contribution in [1.82, 2.24) is 4.90 Å². The van der Waals surface area contributed by atoms with Gasteiger partial charge in [-0.3, -0.25) is 4.79 Å². The molecule has 112 valence electrons.